The van der Waals surface area contributed by atoms with Gasteiger partial charge in [0.15, 0.2) is 0 Å². The fourth-order valence-corrected chi connectivity index (χ4v) is 3.12. The van der Waals surface area contributed by atoms with Crippen LogP contribution in [0.15, 0.2) is 65.1 Å². The summed E-state index contributed by atoms with van der Waals surface area (Å²) in [5.41, 5.74) is 2.43. The lowest BCUT2D eigenvalue weighted by Crippen LogP contribution is -1.98. The Bertz CT molecular complexity index is 1160. The zero-order valence-corrected chi connectivity index (χ0v) is 16.6. The van der Waals surface area contributed by atoms with Crippen molar-refractivity contribution < 1.29 is 19.0 Å². The first-order chi connectivity index (χ1) is 14.6. The zero-order valence-electron chi connectivity index (χ0n) is 16.6. The smallest absolute Gasteiger partial charge is 0.247 e. The molecule has 6 heteroatoms. The number of aromatic nitrogens is 2. The molecule has 6 nitrogen and oxygen atoms in total. The lowest BCUT2D eigenvalue weighted by Gasteiger charge is -2.09. The van der Waals surface area contributed by atoms with E-state index in [9.17, 15) is 5.11 Å². The van der Waals surface area contributed by atoms with Gasteiger partial charge in [0.25, 0.3) is 0 Å². The average molecular weight is 402 g/mol. The fourth-order valence-electron chi connectivity index (χ4n) is 3.12. The summed E-state index contributed by atoms with van der Waals surface area (Å²) in [6, 6.07) is 18.8. The molecule has 1 aliphatic carbocycles. The number of oxazole rings is 1. The summed E-state index contributed by atoms with van der Waals surface area (Å²) in [4.78, 5) is 8.80. The highest BCUT2D eigenvalue weighted by Gasteiger charge is 2.21. The Labute approximate surface area is 174 Å². The molecule has 30 heavy (non-hydrogen) atoms. The third-order valence-electron chi connectivity index (χ3n) is 5.03. The Morgan fingerprint density at radius 3 is 2.57 bits per heavy atom. The summed E-state index contributed by atoms with van der Waals surface area (Å²) < 4.78 is 17.6. The van der Waals surface area contributed by atoms with Gasteiger partial charge in [0, 0.05) is 11.6 Å². The van der Waals surface area contributed by atoms with E-state index in [-0.39, 0.29) is 0 Å². The van der Waals surface area contributed by atoms with E-state index in [2.05, 4.69) is 9.97 Å². The summed E-state index contributed by atoms with van der Waals surface area (Å²) in [6.07, 6.45) is 1.87. The number of rotatable bonds is 7. The Kier molecular flexibility index (Phi) is 4.85. The van der Waals surface area contributed by atoms with Crippen LogP contribution in [0.5, 0.6) is 17.2 Å². The standard InChI is InChI=1S/C24H22N2O4/c1-15(27)21-11-12-22-24(25-21)30-23(26-22)17-7-9-18(10-8-17)29-20-4-2-3-19(13-20)28-14-16-5-6-16/h2-4,7-13,15-16,27H,5-6,14H2,1H3. The van der Waals surface area contributed by atoms with E-state index in [1.807, 2.05) is 48.5 Å². The van der Waals surface area contributed by atoms with Crippen molar-refractivity contribution >= 4 is 11.2 Å². The molecule has 0 spiro atoms. The van der Waals surface area contributed by atoms with E-state index in [1.165, 1.54) is 12.8 Å². The Morgan fingerprint density at radius 2 is 1.80 bits per heavy atom. The number of pyridine rings is 1. The minimum absolute atomic E-state index is 0.409. The van der Waals surface area contributed by atoms with Crippen molar-refractivity contribution in [1.29, 1.82) is 0 Å². The molecule has 2 aromatic carbocycles. The third-order valence-corrected chi connectivity index (χ3v) is 5.03. The van der Waals surface area contributed by atoms with Crippen LogP contribution in [0.25, 0.3) is 22.7 Å². The summed E-state index contributed by atoms with van der Waals surface area (Å²) >= 11 is 0. The van der Waals surface area contributed by atoms with Crippen molar-refractivity contribution in [2.24, 2.45) is 5.92 Å². The van der Waals surface area contributed by atoms with Crippen molar-refractivity contribution in [3.05, 3.63) is 66.4 Å². The van der Waals surface area contributed by atoms with Gasteiger partial charge in [0.05, 0.1) is 18.4 Å². The molecule has 0 radical (unpaired) electrons. The van der Waals surface area contributed by atoms with Crippen molar-refractivity contribution in [3.63, 3.8) is 0 Å². The van der Waals surface area contributed by atoms with Crippen molar-refractivity contribution in [2.45, 2.75) is 25.9 Å². The minimum Gasteiger partial charge on any atom is -0.493 e. The molecule has 0 saturated heterocycles. The minimum atomic E-state index is -0.656. The van der Waals surface area contributed by atoms with Gasteiger partial charge in [-0.1, -0.05) is 6.07 Å². The second-order valence-electron chi connectivity index (χ2n) is 7.61. The van der Waals surface area contributed by atoms with Crippen LogP contribution < -0.4 is 9.47 Å². The first kappa shape index (κ1) is 18.6. The molecule has 4 aromatic rings. The van der Waals surface area contributed by atoms with Crippen molar-refractivity contribution in [3.8, 4) is 28.7 Å². The number of nitrogens with zero attached hydrogens (tertiary/aromatic N) is 2. The molecule has 1 atom stereocenters. The van der Waals surface area contributed by atoms with Gasteiger partial charge >= 0.3 is 0 Å². The van der Waals surface area contributed by atoms with Crippen LogP contribution in [-0.2, 0) is 0 Å². The summed E-state index contributed by atoms with van der Waals surface area (Å²) in [7, 11) is 0. The van der Waals surface area contributed by atoms with Gasteiger partial charge in [-0.05, 0) is 74.2 Å². The number of aliphatic hydroxyl groups is 1. The van der Waals surface area contributed by atoms with E-state index >= 15 is 0 Å². The quantitative estimate of drug-likeness (QED) is 0.438. The summed E-state index contributed by atoms with van der Waals surface area (Å²) in [5.74, 6) is 3.45. The first-order valence-corrected chi connectivity index (χ1v) is 10.1. The van der Waals surface area contributed by atoms with E-state index in [1.54, 1.807) is 19.1 Å². The molecule has 0 bridgehead atoms. The zero-order chi connectivity index (χ0) is 20.5. The van der Waals surface area contributed by atoms with Gasteiger partial charge in [-0.15, -0.1) is 0 Å². The van der Waals surface area contributed by atoms with E-state index < -0.39 is 6.10 Å². The normalized spacial score (nSPS) is 14.6. The molecule has 0 amide bonds. The van der Waals surface area contributed by atoms with E-state index in [0.29, 0.717) is 34.5 Å². The van der Waals surface area contributed by atoms with Crippen molar-refractivity contribution in [1.82, 2.24) is 9.97 Å². The lowest BCUT2D eigenvalue weighted by atomic mass is 10.2. The first-order valence-electron chi connectivity index (χ1n) is 10.1. The second kappa shape index (κ2) is 7.80. The van der Waals surface area contributed by atoms with Gasteiger partial charge in [-0.2, -0.15) is 0 Å². The van der Waals surface area contributed by atoms with Crippen LogP contribution >= 0.6 is 0 Å². The predicted molar refractivity (Wildman–Crippen MR) is 113 cm³/mol. The van der Waals surface area contributed by atoms with Crippen LogP contribution in [0.4, 0.5) is 0 Å². The SMILES string of the molecule is CC(O)c1ccc2nc(-c3ccc(Oc4cccc(OCC5CC5)c4)cc3)oc2n1. The molecule has 2 heterocycles. The lowest BCUT2D eigenvalue weighted by molar-refractivity contribution is 0.194. The number of fused-ring (bicyclic) bond motifs is 1. The number of aliphatic hydroxyl groups excluding tert-OH is 1. The Morgan fingerprint density at radius 1 is 1.00 bits per heavy atom. The van der Waals surface area contributed by atoms with Crippen molar-refractivity contribution in [2.75, 3.05) is 6.61 Å². The molecule has 5 rings (SSSR count). The molecule has 1 N–H and O–H groups in total. The monoisotopic (exact) mass is 402 g/mol. The number of hydrogen-bond donors (Lipinski definition) is 1. The van der Waals surface area contributed by atoms with Crippen LogP contribution in [0.2, 0.25) is 0 Å². The molecule has 1 aliphatic rings. The molecule has 1 unspecified atom stereocenters. The summed E-state index contributed by atoms with van der Waals surface area (Å²) in [6.45, 7) is 2.44. The molecule has 2 aromatic heterocycles. The van der Waals surface area contributed by atoms with Gasteiger partial charge in [-0.3, -0.25) is 0 Å². The highest BCUT2D eigenvalue weighted by molar-refractivity contribution is 5.72. The van der Waals surface area contributed by atoms with Crippen LogP contribution in [0.3, 0.4) is 0 Å². The number of hydrogen-bond acceptors (Lipinski definition) is 6. The van der Waals surface area contributed by atoms with Gasteiger partial charge in [0.1, 0.15) is 22.8 Å². The van der Waals surface area contributed by atoms with Crippen LogP contribution in [0.1, 0.15) is 31.6 Å². The molecule has 152 valence electrons. The Hall–Kier alpha value is -3.38. The number of ether oxygens (including phenoxy) is 2. The fraction of sp³-hybridized carbons (Fsp3) is 0.250. The van der Waals surface area contributed by atoms with E-state index in [4.69, 9.17) is 13.9 Å². The maximum atomic E-state index is 9.69. The third kappa shape index (κ3) is 4.14. The summed E-state index contributed by atoms with van der Waals surface area (Å²) in [5, 5.41) is 9.69. The Balaban J connectivity index is 1.30. The van der Waals surface area contributed by atoms with E-state index in [0.717, 1.165) is 23.7 Å². The van der Waals surface area contributed by atoms with Gasteiger partial charge in [0.2, 0.25) is 11.6 Å². The predicted octanol–water partition coefficient (Wildman–Crippen LogP) is 5.52. The maximum Gasteiger partial charge on any atom is 0.247 e. The molecule has 0 aliphatic heterocycles. The molecule has 1 fully saturated rings. The van der Waals surface area contributed by atoms with Gasteiger partial charge < -0.3 is 19.0 Å². The second-order valence-corrected chi connectivity index (χ2v) is 7.61. The van der Waals surface area contributed by atoms with Crippen LogP contribution in [-0.4, -0.2) is 21.7 Å². The molecular formula is C24H22N2O4. The maximum absolute atomic E-state index is 9.69. The van der Waals surface area contributed by atoms with Gasteiger partial charge in [-0.25, -0.2) is 9.97 Å². The highest BCUT2D eigenvalue weighted by Crippen LogP contribution is 2.32. The van der Waals surface area contributed by atoms with Crippen LogP contribution in [0, 0.1) is 5.92 Å². The average Bonchev–Trinajstić information content (AvgIpc) is 3.49. The molecule has 1 saturated carbocycles. The number of benzene rings is 2. The topological polar surface area (TPSA) is 77.6 Å². The molecular weight excluding hydrogens is 380 g/mol. The highest BCUT2D eigenvalue weighted by atomic mass is 16.5. The largest absolute Gasteiger partial charge is 0.493 e.